The molecule has 2 amide bonds. The Morgan fingerprint density at radius 2 is 1.53 bits per heavy atom. The van der Waals surface area contributed by atoms with E-state index in [-0.39, 0.29) is 29.6 Å². The standard InChI is InChI=1S/C47H51N3O7S/c1-8-48-37-23-22-34-31(3)28-32(58(54,55)56)29-36(34)45(37)46(4,5)39(48)18-11-9-12-19-40-47(6,7)44-35-17-15-16-30(2)33(35)21-24-38(44)49(40)27-14-10-13-20-43(53)57-50-41(51)25-26-42(50)52/h9,11-12,15-19,21-24,28-29H,8,10,13-14,20,25-27H2,1-7H3/p+1. The fraction of sp³-hybridized carbons (Fsp3) is 0.362. The Balaban J connectivity index is 1.14. The Morgan fingerprint density at radius 1 is 0.828 bits per heavy atom. The fourth-order valence-corrected chi connectivity index (χ4v) is 9.83. The number of aryl methyl sites for hydroxylation is 2. The number of imide groups is 1. The van der Waals surface area contributed by atoms with Gasteiger partial charge in [0.05, 0.1) is 10.3 Å². The zero-order valence-electron chi connectivity index (χ0n) is 34.4. The Hall–Kier alpha value is -5.39. The van der Waals surface area contributed by atoms with Crippen molar-refractivity contribution in [1.29, 1.82) is 0 Å². The maximum absolute atomic E-state index is 12.4. The van der Waals surface area contributed by atoms with Crippen LogP contribution in [-0.4, -0.2) is 59.2 Å². The van der Waals surface area contributed by atoms with Gasteiger partial charge in [0, 0.05) is 60.3 Å². The van der Waals surface area contributed by atoms with Crippen molar-refractivity contribution in [3.63, 3.8) is 0 Å². The number of hydrogen-bond acceptors (Lipinski definition) is 7. The summed E-state index contributed by atoms with van der Waals surface area (Å²) in [4.78, 5) is 43.5. The first-order valence-corrected chi connectivity index (χ1v) is 21.5. The van der Waals surface area contributed by atoms with Crippen molar-refractivity contribution in [1.82, 2.24) is 5.06 Å². The van der Waals surface area contributed by atoms with Gasteiger partial charge in [-0.2, -0.15) is 13.0 Å². The molecule has 302 valence electrons. The van der Waals surface area contributed by atoms with Gasteiger partial charge in [-0.05, 0) is 116 Å². The minimum absolute atomic E-state index is 0.0713. The number of benzene rings is 4. The molecule has 0 aliphatic carbocycles. The molecule has 10 nitrogen and oxygen atoms in total. The second-order valence-electron chi connectivity index (χ2n) is 16.6. The van der Waals surface area contributed by atoms with Crippen LogP contribution in [0.15, 0.2) is 95.6 Å². The van der Waals surface area contributed by atoms with E-state index in [1.165, 1.54) is 39.4 Å². The molecule has 11 heteroatoms. The zero-order chi connectivity index (χ0) is 41.7. The summed E-state index contributed by atoms with van der Waals surface area (Å²) >= 11 is 0. The van der Waals surface area contributed by atoms with Crippen LogP contribution >= 0.6 is 0 Å². The summed E-state index contributed by atoms with van der Waals surface area (Å²) in [7, 11) is -4.38. The van der Waals surface area contributed by atoms with Crippen LogP contribution in [0.1, 0.15) is 95.4 Å². The number of hydrogen-bond donors (Lipinski definition) is 1. The highest BCUT2D eigenvalue weighted by Crippen LogP contribution is 2.51. The molecule has 4 aromatic rings. The van der Waals surface area contributed by atoms with Gasteiger partial charge in [-0.15, -0.1) is 5.06 Å². The van der Waals surface area contributed by atoms with E-state index in [1.807, 2.05) is 19.1 Å². The predicted octanol–water partition coefficient (Wildman–Crippen LogP) is 9.21. The largest absolute Gasteiger partial charge is 0.344 e. The molecule has 0 saturated carbocycles. The van der Waals surface area contributed by atoms with E-state index < -0.39 is 33.3 Å². The first kappa shape index (κ1) is 40.8. The zero-order valence-corrected chi connectivity index (χ0v) is 35.2. The fourth-order valence-electron chi connectivity index (χ4n) is 9.24. The molecule has 0 bridgehead atoms. The number of nitrogens with zero attached hydrogens (tertiary/aromatic N) is 3. The van der Waals surface area contributed by atoms with Crippen molar-refractivity contribution in [3.8, 4) is 0 Å². The second kappa shape index (κ2) is 15.4. The van der Waals surface area contributed by atoms with Crippen LogP contribution in [0.25, 0.3) is 21.5 Å². The van der Waals surface area contributed by atoms with Gasteiger partial charge in [0.1, 0.15) is 6.54 Å². The molecule has 1 fully saturated rings. The summed E-state index contributed by atoms with van der Waals surface area (Å²) in [6.45, 7) is 16.4. The molecule has 7 rings (SSSR count). The molecule has 1 saturated heterocycles. The van der Waals surface area contributed by atoms with E-state index in [1.54, 1.807) is 6.07 Å². The lowest BCUT2D eigenvalue weighted by molar-refractivity contribution is -0.433. The number of rotatable bonds is 12. The minimum Gasteiger partial charge on any atom is -0.344 e. The van der Waals surface area contributed by atoms with Crippen LogP contribution in [0.3, 0.4) is 0 Å². The van der Waals surface area contributed by atoms with Gasteiger partial charge >= 0.3 is 5.97 Å². The lowest BCUT2D eigenvalue weighted by Crippen LogP contribution is -2.32. The summed E-state index contributed by atoms with van der Waals surface area (Å²) in [5.74, 6) is -1.52. The van der Waals surface area contributed by atoms with Gasteiger partial charge in [-0.25, -0.2) is 4.79 Å². The molecule has 58 heavy (non-hydrogen) atoms. The van der Waals surface area contributed by atoms with E-state index in [2.05, 4.69) is 112 Å². The molecule has 3 aliphatic rings. The number of unbranched alkanes of at least 4 members (excludes halogenated alkanes) is 2. The predicted molar refractivity (Wildman–Crippen MR) is 228 cm³/mol. The van der Waals surface area contributed by atoms with E-state index in [0.717, 1.165) is 59.2 Å². The van der Waals surface area contributed by atoms with Gasteiger partial charge in [-0.1, -0.05) is 62.8 Å². The third kappa shape index (κ3) is 7.19. The Labute approximate surface area is 340 Å². The lowest BCUT2D eigenvalue weighted by atomic mass is 9.78. The quantitative estimate of drug-likeness (QED) is 0.0495. The van der Waals surface area contributed by atoms with Crippen molar-refractivity contribution in [3.05, 3.63) is 113 Å². The summed E-state index contributed by atoms with van der Waals surface area (Å²) < 4.78 is 36.6. The molecule has 0 unspecified atom stereocenters. The van der Waals surface area contributed by atoms with Crippen LogP contribution in [-0.2, 0) is 40.2 Å². The molecule has 4 aromatic carbocycles. The summed E-state index contributed by atoms with van der Waals surface area (Å²) in [5, 5.41) is 4.85. The SMILES string of the molecule is CC[N+]1=C(/C=C/C=C/C=C2/N(CCCCCC(=O)ON3C(=O)CCC3=O)c3ccc4c(C)cccc4c3C2(C)C)C(C)(C)c2c1ccc1c(C)cc(S(=O)(=O)O)cc21. The van der Waals surface area contributed by atoms with Gasteiger partial charge in [0.2, 0.25) is 5.69 Å². The van der Waals surface area contributed by atoms with Gasteiger partial charge < -0.3 is 9.74 Å². The maximum Gasteiger partial charge on any atom is 0.333 e. The van der Waals surface area contributed by atoms with Crippen LogP contribution in [0.2, 0.25) is 0 Å². The molecule has 0 atom stereocenters. The number of amides is 2. The number of fused-ring (bicyclic) bond motifs is 6. The first-order valence-electron chi connectivity index (χ1n) is 20.1. The van der Waals surface area contributed by atoms with Gasteiger partial charge in [-0.3, -0.25) is 14.1 Å². The van der Waals surface area contributed by atoms with E-state index in [4.69, 9.17) is 4.84 Å². The average molecular weight is 803 g/mol. The van der Waals surface area contributed by atoms with Crippen LogP contribution in [0.4, 0.5) is 11.4 Å². The maximum atomic E-state index is 12.4. The summed E-state index contributed by atoms with van der Waals surface area (Å²) in [5.41, 5.74) is 8.01. The third-order valence-corrected chi connectivity index (χ3v) is 12.9. The number of carbonyl (C=O) groups is 3. The Kier molecular flexibility index (Phi) is 10.8. The van der Waals surface area contributed by atoms with Crippen molar-refractivity contribution in [2.45, 2.75) is 103 Å². The molecule has 1 N–H and O–H groups in total. The minimum atomic E-state index is -4.38. The average Bonchev–Trinajstić information content (AvgIpc) is 3.69. The molecular weight excluding hydrogens is 751 g/mol. The summed E-state index contributed by atoms with van der Waals surface area (Å²) in [6, 6.07) is 18.1. The second-order valence-corrected chi connectivity index (χ2v) is 18.0. The van der Waals surface area contributed by atoms with Crippen LogP contribution < -0.4 is 4.90 Å². The molecular formula is C47H52N3O7S+. The van der Waals surface area contributed by atoms with Crippen LogP contribution in [0.5, 0.6) is 0 Å². The molecule has 0 spiro atoms. The molecule has 3 heterocycles. The molecule has 0 radical (unpaired) electrons. The highest BCUT2D eigenvalue weighted by atomic mass is 32.2. The summed E-state index contributed by atoms with van der Waals surface area (Å²) in [6.07, 6.45) is 12.9. The van der Waals surface area contributed by atoms with Crippen molar-refractivity contribution in [2.75, 3.05) is 18.0 Å². The number of hydroxylamine groups is 2. The van der Waals surface area contributed by atoms with E-state index >= 15 is 0 Å². The smallest absolute Gasteiger partial charge is 0.333 e. The number of anilines is 1. The van der Waals surface area contributed by atoms with E-state index in [9.17, 15) is 27.4 Å². The topological polar surface area (TPSA) is 124 Å². The van der Waals surface area contributed by atoms with E-state index in [0.29, 0.717) is 11.5 Å². The Bertz CT molecular complexity index is 2620. The van der Waals surface area contributed by atoms with Crippen molar-refractivity contribution < 1.29 is 36.8 Å². The molecule has 0 aromatic heterocycles. The third-order valence-electron chi connectivity index (χ3n) is 12.1. The highest BCUT2D eigenvalue weighted by molar-refractivity contribution is 7.85. The first-order chi connectivity index (χ1) is 27.5. The van der Waals surface area contributed by atoms with Gasteiger partial charge in [0.15, 0.2) is 5.71 Å². The molecule has 3 aliphatic heterocycles. The normalized spacial score (nSPS) is 18.2. The number of allylic oxidation sites excluding steroid dienone is 6. The van der Waals surface area contributed by atoms with Gasteiger partial charge in [0.25, 0.3) is 21.9 Å². The Morgan fingerprint density at radius 3 is 2.24 bits per heavy atom. The van der Waals surface area contributed by atoms with Crippen molar-refractivity contribution in [2.24, 2.45) is 0 Å². The van der Waals surface area contributed by atoms with Crippen LogP contribution in [0, 0.1) is 13.8 Å². The lowest BCUT2D eigenvalue weighted by Gasteiger charge is -2.27. The number of carbonyl (C=O) groups excluding carboxylic acids is 3. The highest BCUT2D eigenvalue weighted by Gasteiger charge is 2.45. The van der Waals surface area contributed by atoms with Crippen molar-refractivity contribution >= 4 is 66.5 Å². The monoisotopic (exact) mass is 802 g/mol.